The maximum Gasteiger partial charge on any atom is 0.131 e. The largest absolute Gasteiger partial charge is 0.361 e. The zero-order valence-electron chi connectivity index (χ0n) is 24.1. The van der Waals surface area contributed by atoms with Crippen molar-refractivity contribution in [1.82, 2.24) is 19.7 Å². The first-order valence-corrected chi connectivity index (χ1v) is 14.4. The molecule has 0 spiro atoms. The van der Waals surface area contributed by atoms with Crippen molar-refractivity contribution in [2.75, 3.05) is 11.4 Å². The fourth-order valence-electron chi connectivity index (χ4n) is 6.22. The summed E-state index contributed by atoms with van der Waals surface area (Å²) in [7, 11) is 0. The van der Waals surface area contributed by atoms with Gasteiger partial charge in [-0.15, -0.1) is 0 Å². The summed E-state index contributed by atoms with van der Waals surface area (Å²) in [6, 6.07) is 15.8. The molecule has 0 bridgehead atoms. The molecule has 0 saturated heterocycles. The van der Waals surface area contributed by atoms with Gasteiger partial charge >= 0.3 is 0 Å². The molecule has 6 rings (SSSR count). The molecule has 4 heterocycles. The molecule has 0 unspecified atom stereocenters. The number of rotatable bonds is 6. The number of nitrogens with zero attached hydrogens (tertiary/aromatic N) is 4. The monoisotopic (exact) mass is 517 g/mol. The molecule has 0 fully saturated rings. The number of nitrogens with one attached hydrogen (secondary N) is 1. The lowest BCUT2D eigenvalue weighted by Crippen LogP contribution is -2.31. The molecule has 5 nitrogen and oxygen atoms in total. The molecule has 0 aliphatic carbocycles. The van der Waals surface area contributed by atoms with Gasteiger partial charge in [0, 0.05) is 53.9 Å². The van der Waals surface area contributed by atoms with E-state index in [2.05, 4.69) is 111 Å². The van der Waals surface area contributed by atoms with Crippen LogP contribution in [-0.4, -0.2) is 26.3 Å². The van der Waals surface area contributed by atoms with Crippen LogP contribution in [0.25, 0.3) is 27.8 Å². The zero-order valence-corrected chi connectivity index (χ0v) is 24.1. The first-order chi connectivity index (χ1) is 18.9. The van der Waals surface area contributed by atoms with Crippen molar-refractivity contribution in [2.45, 2.75) is 73.3 Å². The number of anilines is 1. The molecular weight excluding hydrogens is 478 g/mol. The van der Waals surface area contributed by atoms with Crippen LogP contribution < -0.4 is 4.90 Å². The number of hydrogen-bond acceptors (Lipinski definition) is 3. The predicted octanol–water partition coefficient (Wildman–Crippen LogP) is 7.84. The van der Waals surface area contributed by atoms with Crippen molar-refractivity contribution in [3.05, 3.63) is 93.9 Å². The van der Waals surface area contributed by atoms with Crippen LogP contribution >= 0.6 is 0 Å². The summed E-state index contributed by atoms with van der Waals surface area (Å²) in [6.07, 6.45) is 6.96. The van der Waals surface area contributed by atoms with Crippen molar-refractivity contribution >= 4 is 16.7 Å². The van der Waals surface area contributed by atoms with Crippen molar-refractivity contribution in [2.24, 2.45) is 0 Å². The average Bonchev–Trinajstić information content (AvgIpc) is 3.58. The van der Waals surface area contributed by atoms with E-state index in [9.17, 15) is 0 Å². The quantitative estimate of drug-likeness (QED) is 0.250. The SMILES string of the molecule is CCc1cccc(CC)c1-n1nc2c(c1-c1ccc(C)c3[nH]ccc13)CN(c1ncc(C(C)C)cc1C)CC2. The second-order valence-electron chi connectivity index (χ2n) is 11.2. The minimum Gasteiger partial charge on any atom is -0.361 e. The van der Waals surface area contributed by atoms with Gasteiger partial charge in [0.15, 0.2) is 0 Å². The summed E-state index contributed by atoms with van der Waals surface area (Å²) >= 11 is 0. The predicted molar refractivity (Wildman–Crippen MR) is 162 cm³/mol. The molecule has 1 aliphatic rings. The van der Waals surface area contributed by atoms with Gasteiger partial charge < -0.3 is 9.88 Å². The number of pyridine rings is 1. The Morgan fingerprint density at radius 1 is 0.974 bits per heavy atom. The van der Waals surface area contributed by atoms with Crippen molar-refractivity contribution in [1.29, 1.82) is 0 Å². The van der Waals surface area contributed by atoms with E-state index in [4.69, 9.17) is 10.1 Å². The van der Waals surface area contributed by atoms with E-state index in [1.165, 1.54) is 66.9 Å². The first kappa shape index (κ1) is 25.4. The molecule has 1 N–H and O–H groups in total. The Morgan fingerprint density at radius 3 is 2.44 bits per heavy atom. The maximum atomic E-state index is 5.38. The van der Waals surface area contributed by atoms with Crippen LogP contribution in [-0.2, 0) is 25.8 Å². The van der Waals surface area contributed by atoms with E-state index in [0.29, 0.717) is 5.92 Å². The third-order valence-electron chi connectivity index (χ3n) is 8.44. The Bertz CT molecular complexity index is 1650. The highest BCUT2D eigenvalue weighted by Gasteiger charge is 2.29. The molecule has 5 heteroatoms. The Hall–Kier alpha value is -3.86. The molecule has 0 radical (unpaired) electrons. The van der Waals surface area contributed by atoms with Gasteiger partial charge in [-0.25, -0.2) is 9.67 Å². The van der Waals surface area contributed by atoms with Gasteiger partial charge in [-0.2, -0.15) is 5.10 Å². The Labute approximate surface area is 231 Å². The number of aromatic amines is 1. The summed E-state index contributed by atoms with van der Waals surface area (Å²) in [6.45, 7) is 15.0. The third-order valence-corrected chi connectivity index (χ3v) is 8.44. The molecule has 200 valence electrons. The summed E-state index contributed by atoms with van der Waals surface area (Å²) in [4.78, 5) is 10.9. The molecule has 5 aromatic rings. The summed E-state index contributed by atoms with van der Waals surface area (Å²) in [5.41, 5.74) is 13.9. The number of aromatic nitrogens is 4. The van der Waals surface area contributed by atoms with Crippen LogP contribution in [0.4, 0.5) is 5.82 Å². The lowest BCUT2D eigenvalue weighted by Gasteiger charge is -2.29. The van der Waals surface area contributed by atoms with Crippen LogP contribution in [0, 0.1) is 13.8 Å². The highest BCUT2D eigenvalue weighted by atomic mass is 15.3. The number of fused-ring (bicyclic) bond motifs is 2. The molecule has 3 aromatic heterocycles. The van der Waals surface area contributed by atoms with Crippen LogP contribution in [0.1, 0.15) is 72.7 Å². The van der Waals surface area contributed by atoms with Crippen molar-refractivity contribution in [3.63, 3.8) is 0 Å². The Morgan fingerprint density at radius 2 is 1.74 bits per heavy atom. The topological polar surface area (TPSA) is 49.7 Å². The van der Waals surface area contributed by atoms with Crippen molar-refractivity contribution < 1.29 is 0 Å². The third kappa shape index (κ3) is 4.25. The van der Waals surface area contributed by atoms with Crippen molar-refractivity contribution in [3.8, 4) is 16.9 Å². The molecular formula is C34H39N5. The van der Waals surface area contributed by atoms with Gasteiger partial charge in [-0.3, -0.25) is 0 Å². The average molecular weight is 518 g/mol. The normalized spacial score (nSPS) is 13.5. The minimum atomic E-state index is 0.472. The molecule has 39 heavy (non-hydrogen) atoms. The van der Waals surface area contributed by atoms with Crippen LogP contribution in [0.15, 0.2) is 54.9 Å². The number of hydrogen-bond donors (Lipinski definition) is 1. The second-order valence-corrected chi connectivity index (χ2v) is 11.2. The van der Waals surface area contributed by atoms with E-state index in [0.717, 1.165) is 38.2 Å². The molecule has 0 atom stereocenters. The lowest BCUT2D eigenvalue weighted by atomic mass is 9.96. The van der Waals surface area contributed by atoms with Crippen LogP contribution in [0.2, 0.25) is 0 Å². The number of benzene rings is 2. The maximum absolute atomic E-state index is 5.38. The van der Waals surface area contributed by atoms with Crippen LogP contribution in [0.3, 0.4) is 0 Å². The Kier molecular flexibility index (Phi) is 6.54. The van der Waals surface area contributed by atoms with E-state index < -0.39 is 0 Å². The fraction of sp³-hybridized carbons (Fsp3) is 0.353. The second kappa shape index (κ2) is 10.0. The first-order valence-electron chi connectivity index (χ1n) is 14.4. The minimum absolute atomic E-state index is 0.472. The van der Waals surface area contributed by atoms with Gasteiger partial charge in [0.05, 0.1) is 17.1 Å². The highest BCUT2D eigenvalue weighted by Crippen LogP contribution is 2.39. The lowest BCUT2D eigenvalue weighted by molar-refractivity contribution is 0.701. The van der Waals surface area contributed by atoms with E-state index in [1.807, 2.05) is 0 Å². The standard InChI is InChI=1S/C34H39N5/c1-7-24-10-9-11-25(8-2)32(24)39-33(28-13-12-22(5)31-27(28)14-16-35-31)29-20-38(17-15-30(29)37-39)34-23(6)18-26(19-36-34)21(3)4/h9-14,16,18-19,21,35H,7-8,15,17,20H2,1-6H3. The number of H-pyrrole nitrogens is 1. The fourth-order valence-corrected chi connectivity index (χ4v) is 6.22. The number of aryl methyl sites for hydroxylation is 4. The smallest absolute Gasteiger partial charge is 0.131 e. The van der Waals surface area contributed by atoms with E-state index in [1.54, 1.807) is 0 Å². The van der Waals surface area contributed by atoms with E-state index >= 15 is 0 Å². The van der Waals surface area contributed by atoms with Gasteiger partial charge in [-0.1, -0.05) is 64.1 Å². The summed E-state index contributed by atoms with van der Waals surface area (Å²) in [5.74, 6) is 1.56. The highest BCUT2D eigenvalue weighted by molar-refractivity contribution is 5.97. The summed E-state index contributed by atoms with van der Waals surface area (Å²) in [5, 5.41) is 6.62. The number of para-hydroxylation sites is 1. The van der Waals surface area contributed by atoms with Gasteiger partial charge in [-0.05, 0) is 66.5 Å². The molecule has 0 saturated carbocycles. The van der Waals surface area contributed by atoms with E-state index in [-0.39, 0.29) is 0 Å². The Balaban J connectivity index is 1.57. The van der Waals surface area contributed by atoms with Gasteiger partial charge in [0.25, 0.3) is 0 Å². The molecule has 2 aromatic carbocycles. The zero-order chi connectivity index (χ0) is 27.3. The van der Waals surface area contributed by atoms with Gasteiger partial charge in [0.1, 0.15) is 5.82 Å². The van der Waals surface area contributed by atoms with Crippen LogP contribution in [0.5, 0.6) is 0 Å². The molecule has 1 aliphatic heterocycles. The summed E-state index contributed by atoms with van der Waals surface area (Å²) < 4.78 is 2.28. The van der Waals surface area contributed by atoms with Gasteiger partial charge in [0.2, 0.25) is 0 Å². The molecule has 0 amide bonds.